The zero-order valence-electron chi connectivity index (χ0n) is 8.86. The summed E-state index contributed by atoms with van der Waals surface area (Å²) in [6.45, 7) is 7.88. The molecule has 0 aliphatic rings. The fraction of sp³-hybridized carbons (Fsp3) is 0.400. The number of hydrogen-bond donors (Lipinski definition) is 1. The molecule has 0 saturated carbocycles. The molecule has 2 N–H and O–H groups in total. The second kappa shape index (κ2) is 4.09. The van der Waals surface area contributed by atoms with Crippen molar-refractivity contribution in [2.45, 2.75) is 19.9 Å². The summed E-state index contributed by atoms with van der Waals surface area (Å²) in [5, 5.41) is 0. The van der Waals surface area contributed by atoms with Crippen molar-refractivity contribution in [3.05, 3.63) is 18.5 Å². The quantitative estimate of drug-likeness (QED) is 0.789. The summed E-state index contributed by atoms with van der Waals surface area (Å²) in [6.07, 6.45) is 3.15. The first-order chi connectivity index (χ1) is 6.57. The number of nitrogens with zero attached hydrogens (tertiary/aromatic N) is 3. The molecule has 0 unspecified atom stereocenters. The van der Waals surface area contributed by atoms with Gasteiger partial charge in [0.2, 0.25) is 0 Å². The van der Waals surface area contributed by atoms with Crippen molar-refractivity contribution < 1.29 is 0 Å². The Morgan fingerprint density at radius 3 is 2.64 bits per heavy atom. The molecule has 4 heteroatoms. The van der Waals surface area contributed by atoms with Crippen molar-refractivity contribution in [2.75, 3.05) is 17.7 Å². The Balaban J connectivity index is 3.20. The number of aromatic nitrogens is 2. The maximum Gasteiger partial charge on any atom is 0.141 e. The fourth-order valence-corrected chi connectivity index (χ4v) is 1.12. The van der Waals surface area contributed by atoms with Crippen LogP contribution in [0.4, 0.5) is 11.6 Å². The van der Waals surface area contributed by atoms with Crippen LogP contribution in [0.1, 0.15) is 19.4 Å². The van der Waals surface area contributed by atoms with Gasteiger partial charge in [0.15, 0.2) is 0 Å². The predicted molar refractivity (Wildman–Crippen MR) is 60.1 cm³/mol. The minimum Gasteiger partial charge on any atom is -0.383 e. The predicted octanol–water partition coefficient (Wildman–Crippen LogP) is 1.55. The van der Waals surface area contributed by atoms with Crippen molar-refractivity contribution in [1.82, 2.24) is 9.97 Å². The van der Waals surface area contributed by atoms with E-state index in [9.17, 15) is 0 Å². The van der Waals surface area contributed by atoms with E-state index in [2.05, 4.69) is 30.4 Å². The summed E-state index contributed by atoms with van der Waals surface area (Å²) >= 11 is 0. The maximum atomic E-state index is 5.72. The van der Waals surface area contributed by atoms with Crippen molar-refractivity contribution >= 4 is 17.7 Å². The topological polar surface area (TPSA) is 55.0 Å². The molecule has 0 amide bonds. The third kappa shape index (κ3) is 1.84. The summed E-state index contributed by atoms with van der Waals surface area (Å²) in [7, 11) is 1.97. The molecule has 1 aromatic heterocycles. The van der Waals surface area contributed by atoms with Crippen molar-refractivity contribution in [3.8, 4) is 0 Å². The number of nitrogen functional groups attached to an aromatic ring is 1. The van der Waals surface area contributed by atoms with Crippen molar-refractivity contribution in [2.24, 2.45) is 0 Å². The van der Waals surface area contributed by atoms with Crippen LogP contribution >= 0.6 is 0 Å². The molecule has 0 bridgehead atoms. The highest BCUT2D eigenvalue weighted by Gasteiger charge is 2.12. The van der Waals surface area contributed by atoms with Gasteiger partial charge in [0, 0.05) is 13.1 Å². The van der Waals surface area contributed by atoms with Crippen LogP contribution in [0.5, 0.6) is 0 Å². The second-order valence-electron chi connectivity index (χ2n) is 3.40. The molecule has 0 aliphatic heterocycles. The highest BCUT2D eigenvalue weighted by atomic mass is 15.2. The molecule has 1 rings (SSSR count). The van der Waals surface area contributed by atoms with Crippen molar-refractivity contribution in [3.63, 3.8) is 0 Å². The third-order valence-electron chi connectivity index (χ3n) is 2.21. The van der Waals surface area contributed by atoms with Crippen LogP contribution in [-0.2, 0) is 0 Å². The van der Waals surface area contributed by atoms with Crippen LogP contribution in [0.2, 0.25) is 0 Å². The zero-order valence-corrected chi connectivity index (χ0v) is 8.86. The molecule has 0 fully saturated rings. The first-order valence-corrected chi connectivity index (χ1v) is 4.53. The lowest BCUT2D eigenvalue weighted by molar-refractivity contribution is 0.741. The fourth-order valence-electron chi connectivity index (χ4n) is 1.12. The normalized spacial score (nSPS) is 10.3. The molecule has 0 atom stereocenters. The summed E-state index contributed by atoms with van der Waals surface area (Å²) in [5.41, 5.74) is 6.52. The van der Waals surface area contributed by atoms with Gasteiger partial charge in [0.25, 0.3) is 0 Å². The van der Waals surface area contributed by atoms with E-state index in [4.69, 9.17) is 5.73 Å². The van der Waals surface area contributed by atoms with Crippen LogP contribution in [0.3, 0.4) is 0 Å². The molecular weight excluding hydrogens is 176 g/mol. The number of hydrogen-bond acceptors (Lipinski definition) is 4. The van der Waals surface area contributed by atoms with E-state index in [0.717, 1.165) is 11.4 Å². The first-order valence-electron chi connectivity index (χ1n) is 4.53. The number of nitrogens with two attached hydrogens (primary N) is 1. The monoisotopic (exact) mass is 192 g/mol. The lowest BCUT2D eigenvalue weighted by Crippen LogP contribution is -2.27. The van der Waals surface area contributed by atoms with Crippen LogP contribution in [0.15, 0.2) is 12.9 Å². The summed E-state index contributed by atoms with van der Waals surface area (Å²) in [6, 6.07) is 0.364. The van der Waals surface area contributed by atoms with Gasteiger partial charge in [0.1, 0.15) is 18.0 Å². The van der Waals surface area contributed by atoms with E-state index < -0.39 is 0 Å². The lowest BCUT2D eigenvalue weighted by Gasteiger charge is -2.24. The Morgan fingerprint density at radius 2 is 2.14 bits per heavy atom. The summed E-state index contributed by atoms with van der Waals surface area (Å²) < 4.78 is 0. The number of rotatable bonds is 3. The first kappa shape index (κ1) is 10.5. The molecule has 0 saturated heterocycles. The minimum absolute atomic E-state index is 0.364. The van der Waals surface area contributed by atoms with Gasteiger partial charge < -0.3 is 10.6 Å². The average molecular weight is 192 g/mol. The standard InChI is InChI=1S/C10H16N4/c1-5-8-9(11)12-6-13-10(8)14(4)7(2)3/h5-7H,1H2,2-4H3,(H2,11,12,13). The second-order valence-corrected chi connectivity index (χ2v) is 3.40. The van der Waals surface area contributed by atoms with E-state index in [1.807, 2.05) is 11.9 Å². The maximum absolute atomic E-state index is 5.72. The molecule has 4 nitrogen and oxygen atoms in total. The van der Waals surface area contributed by atoms with Crippen LogP contribution in [0.25, 0.3) is 6.08 Å². The molecule has 14 heavy (non-hydrogen) atoms. The highest BCUT2D eigenvalue weighted by molar-refractivity contribution is 5.71. The molecule has 0 radical (unpaired) electrons. The Morgan fingerprint density at radius 1 is 1.50 bits per heavy atom. The van der Waals surface area contributed by atoms with Gasteiger partial charge in [-0.15, -0.1) is 0 Å². The van der Waals surface area contributed by atoms with Gasteiger partial charge >= 0.3 is 0 Å². The molecule has 76 valence electrons. The van der Waals surface area contributed by atoms with Crippen molar-refractivity contribution in [1.29, 1.82) is 0 Å². The lowest BCUT2D eigenvalue weighted by atomic mass is 10.2. The van der Waals surface area contributed by atoms with E-state index >= 15 is 0 Å². The largest absolute Gasteiger partial charge is 0.383 e. The Hall–Kier alpha value is -1.58. The minimum atomic E-state index is 0.364. The van der Waals surface area contributed by atoms with Gasteiger partial charge in [-0.1, -0.05) is 12.7 Å². The van der Waals surface area contributed by atoms with Gasteiger partial charge in [-0.05, 0) is 13.8 Å². The molecule has 1 heterocycles. The Bertz CT molecular complexity index is 333. The molecule has 1 aromatic rings. The van der Waals surface area contributed by atoms with E-state index in [1.165, 1.54) is 6.33 Å². The van der Waals surface area contributed by atoms with E-state index in [1.54, 1.807) is 6.08 Å². The van der Waals surface area contributed by atoms with E-state index in [-0.39, 0.29) is 0 Å². The van der Waals surface area contributed by atoms with Gasteiger partial charge in [-0.2, -0.15) is 0 Å². The van der Waals surface area contributed by atoms with Crippen LogP contribution < -0.4 is 10.6 Å². The van der Waals surface area contributed by atoms with Gasteiger partial charge in [0.05, 0.1) is 5.56 Å². The average Bonchev–Trinajstić information content (AvgIpc) is 2.16. The number of anilines is 2. The summed E-state index contributed by atoms with van der Waals surface area (Å²) in [5.74, 6) is 1.29. The Kier molecular flexibility index (Phi) is 3.06. The molecular formula is C10H16N4. The third-order valence-corrected chi connectivity index (χ3v) is 2.21. The SMILES string of the molecule is C=Cc1c(N)ncnc1N(C)C(C)C. The molecule has 0 aliphatic carbocycles. The zero-order chi connectivity index (χ0) is 10.7. The van der Waals surface area contributed by atoms with Crippen LogP contribution in [-0.4, -0.2) is 23.1 Å². The molecule has 0 aromatic carbocycles. The Labute approximate surface area is 84.5 Å². The van der Waals surface area contributed by atoms with Gasteiger partial charge in [-0.3, -0.25) is 0 Å². The van der Waals surface area contributed by atoms with E-state index in [0.29, 0.717) is 11.9 Å². The smallest absolute Gasteiger partial charge is 0.141 e. The van der Waals surface area contributed by atoms with Crippen LogP contribution in [0, 0.1) is 0 Å². The van der Waals surface area contributed by atoms with Gasteiger partial charge in [-0.25, -0.2) is 9.97 Å². The summed E-state index contributed by atoms with van der Waals surface area (Å²) in [4.78, 5) is 10.2. The molecule has 0 spiro atoms. The highest BCUT2D eigenvalue weighted by Crippen LogP contribution is 2.22.